The Labute approximate surface area is 108 Å². The highest BCUT2D eigenvalue weighted by atomic mass is 16.2. The molecule has 1 aromatic carbocycles. The molecule has 96 valence electrons. The van der Waals surface area contributed by atoms with E-state index in [1.807, 2.05) is 17.0 Å². The first-order valence-electron chi connectivity index (χ1n) is 6.27. The van der Waals surface area contributed by atoms with Crippen LogP contribution in [0.15, 0.2) is 27.8 Å². The third-order valence-corrected chi connectivity index (χ3v) is 3.67. The number of fused-ring (bicyclic) bond motifs is 2. The largest absolute Gasteiger partial charge is 0.346 e. The third kappa shape index (κ3) is 1.36. The molecular weight excluding hydrogens is 244 g/mol. The Bertz CT molecular complexity index is 790. The molecule has 0 aliphatic carbocycles. The highest BCUT2D eigenvalue weighted by Crippen LogP contribution is 2.44. The molecule has 6 heteroatoms. The molecule has 4 rings (SSSR count). The van der Waals surface area contributed by atoms with Gasteiger partial charge in [0.1, 0.15) is 11.5 Å². The van der Waals surface area contributed by atoms with E-state index in [-0.39, 0.29) is 5.56 Å². The molecule has 3 heterocycles. The number of hydrogen-bond donors (Lipinski definition) is 3. The number of nitrogens with one attached hydrogen (secondary N) is 3. The summed E-state index contributed by atoms with van der Waals surface area (Å²) in [4.78, 5) is 30.4. The molecule has 3 N–H and O–H groups in total. The van der Waals surface area contributed by atoms with Crippen molar-refractivity contribution >= 4 is 22.9 Å². The maximum atomic E-state index is 11.9. The zero-order valence-electron chi connectivity index (χ0n) is 10.1. The molecule has 0 saturated heterocycles. The smallest absolute Gasteiger partial charge is 0.327 e. The molecule has 1 aromatic heterocycles. The summed E-state index contributed by atoms with van der Waals surface area (Å²) in [6, 6.07) is 6.02. The fourth-order valence-corrected chi connectivity index (χ4v) is 2.90. The summed E-state index contributed by atoms with van der Waals surface area (Å²) in [5.41, 5.74) is 2.77. The number of aromatic nitrogens is 2. The highest BCUT2D eigenvalue weighted by molar-refractivity contribution is 5.91. The van der Waals surface area contributed by atoms with Crippen LogP contribution in [-0.4, -0.2) is 16.5 Å². The van der Waals surface area contributed by atoms with Gasteiger partial charge in [-0.3, -0.25) is 14.8 Å². The Hall–Kier alpha value is -2.50. The molecule has 0 atom stereocenters. The second kappa shape index (κ2) is 3.50. The van der Waals surface area contributed by atoms with Crippen molar-refractivity contribution in [1.82, 2.24) is 9.97 Å². The van der Waals surface area contributed by atoms with Crippen LogP contribution in [0.4, 0.5) is 22.9 Å². The van der Waals surface area contributed by atoms with Gasteiger partial charge in [-0.1, -0.05) is 12.1 Å². The number of nitrogens with zero attached hydrogens (tertiary/aromatic N) is 1. The van der Waals surface area contributed by atoms with Crippen molar-refractivity contribution in [2.45, 2.75) is 12.8 Å². The average Bonchev–Trinajstić information content (AvgIpc) is 2.41. The lowest BCUT2D eigenvalue weighted by Crippen LogP contribution is -2.35. The van der Waals surface area contributed by atoms with Crippen LogP contribution in [0.3, 0.4) is 0 Å². The number of benzene rings is 1. The van der Waals surface area contributed by atoms with Crippen molar-refractivity contribution in [3.63, 3.8) is 0 Å². The van der Waals surface area contributed by atoms with Crippen molar-refractivity contribution < 1.29 is 0 Å². The fourth-order valence-electron chi connectivity index (χ4n) is 2.90. The van der Waals surface area contributed by atoms with Crippen LogP contribution in [-0.2, 0) is 6.42 Å². The number of rotatable bonds is 0. The molecule has 0 radical (unpaired) electrons. The zero-order valence-corrected chi connectivity index (χ0v) is 10.1. The van der Waals surface area contributed by atoms with Gasteiger partial charge in [-0.15, -0.1) is 0 Å². The van der Waals surface area contributed by atoms with Crippen molar-refractivity contribution in [2.75, 3.05) is 16.8 Å². The predicted octanol–water partition coefficient (Wildman–Crippen LogP) is 1.20. The molecule has 0 saturated carbocycles. The van der Waals surface area contributed by atoms with Crippen LogP contribution in [0, 0.1) is 0 Å². The van der Waals surface area contributed by atoms with Gasteiger partial charge in [0.15, 0.2) is 0 Å². The van der Waals surface area contributed by atoms with Crippen LogP contribution in [0.1, 0.15) is 12.0 Å². The average molecular weight is 256 g/mol. The van der Waals surface area contributed by atoms with E-state index in [1.54, 1.807) is 0 Å². The lowest BCUT2D eigenvalue weighted by Gasteiger charge is -2.37. The van der Waals surface area contributed by atoms with Crippen molar-refractivity contribution in [3.05, 3.63) is 44.6 Å². The first-order valence-corrected chi connectivity index (χ1v) is 6.27. The first-order chi connectivity index (χ1) is 9.24. The van der Waals surface area contributed by atoms with Crippen LogP contribution < -0.4 is 21.5 Å². The maximum Gasteiger partial charge on any atom is 0.327 e. The van der Waals surface area contributed by atoms with E-state index in [0.29, 0.717) is 11.5 Å². The lowest BCUT2D eigenvalue weighted by atomic mass is 9.98. The van der Waals surface area contributed by atoms with Gasteiger partial charge in [0.05, 0.1) is 11.4 Å². The number of anilines is 4. The van der Waals surface area contributed by atoms with Gasteiger partial charge in [0, 0.05) is 6.54 Å². The molecule has 0 bridgehead atoms. The Morgan fingerprint density at radius 2 is 2.05 bits per heavy atom. The Kier molecular flexibility index (Phi) is 1.92. The van der Waals surface area contributed by atoms with E-state index in [4.69, 9.17) is 0 Å². The third-order valence-electron chi connectivity index (χ3n) is 3.67. The number of H-pyrrole nitrogens is 2. The molecule has 0 fully saturated rings. The minimum Gasteiger partial charge on any atom is -0.346 e. The molecule has 2 aliphatic heterocycles. The van der Waals surface area contributed by atoms with Gasteiger partial charge in [-0.25, -0.2) is 4.79 Å². The molecule has 0 unspecified atom stereocenters. The van der Waals surface area contributed by atoms with Crippen LogP contribution >= 0.6 is 0 Å². The number of aromatic amines is 2. The zero-order chi connectivity index (χ0) is 13.0. The molecule has 19 heavy (non-hydrogen) atoms. The van der Waals surface area contributed by atoms with Crippen LogP contribution in [0.2, 0.25) is 0 Å². The van der Waals surface area contributed by atoms with E-state index >= 15 is 0 Å². The van der Waals surface area contributed by atoms with E-state index in [1.165, 1.54) is 5.56 Å². The normalized spacial score (nSPS) is 15.5. The number of para-hydroxylation sites is 1. The minimum atomic E-state index is -0.475. The summed E-state index contributed by atoms with van der Waals surface area (Å²) in [5, 5.41) is 3.12. The van der Waals surface area contributed by atoms with E-state index in [9.17, 15) is 9.59 Å². The van der Waals surface area contributed by atoms with Crippen LogP contribution in [0.25, 0.3) is 0 Å². The Morgan fingerprint density at radius 3 is 2.95 bits per heavy atom. The summed E-state index contributed by atoms with van der Waals surface area (Å²) >= 11 is 0. The Balaban J connectivity index is 2.05. The fraction of sp³-hybridized carbons (Fsp3) is 0.231. The number of aryl methyl sites for hydroxylation is 1. The van der Waals surface area contributed by atoms with E-state index in [2.05, 4.69) is 21.4 Å². The lowest BCUT2D eigenvalue weighted by molar-refractivity contribution is 0.753. The molecule has 0 spiro atoms. The summed E-state index contributed by atoms with van der Waals surface area (Å²) in [6.07, 6.45) is 2.02. The van der Waals surface area contributed by atoms with E-state index < -0.39 is 5.69 Å². The molecule has 0 amide bonds. The topological polar surface area (TPSA) is 81.0 Å². The quantitative estimate of drug-likeness (QED) is 0.661. The van der Waals surface area contributed by atoms with Crippen LogP contribution in [0.5, 0.6) is 0 Å². The van der Waals surface area contributed by atoms with Gasteiger partial charge in [0.2, 0.25) is 0 Å². The molecule has 6 nitrogen and oxygen atoms in total. The van der Waals surface area contributed by atoms with Crippen molar-refractivity contribution in [2.24, 2.45) is 0 Å². The van der Waals surface area contributed by atoms with Crippen molar-refractivity contribution in [1.29, 1.82) is 0 Å². The minimum absolute atomic E-state index is 0.389. The highest BCUT2D eigenvalue weighted by Gasteiger charge is 2.29. The Morgan fingerprint density at radius 1 is 1.16 bits per heavy atom. The molecule has 2 aromatic rings. The first kappa shape index (κ1) is 10.4. The molecule has 2 aliphatic rings. The second-order valence-corrected chi connectivity index (χ2v) is 4.83. The monoisotopic (exact) mass is 256 g/mol. The maximum absolute atomic E-state index is 11.9. The van der Waals surface area contributed by atoms with Crippen molar-refractivity contribution in [3.8, 4) is 0 Å². The van der Waals surface area contributed by atoms with Gasteiger partial charge in [0.25, 0.3) is 5.56 Å². The summed E-state index contributed by atoms with van der Waals surface area (Å²) in [5.74, 6) is 0.563. The summed E-state index contributed by atoms with van der Waals surface area (Å²) in [7, 11) is 0. The van der Waals surface area contributed by atoms with Gasteiger partial charge >= 0.3 is 5.69 Å². The number of hydrogen-bond acceptors (Lipinski definition) is 4. The molecular formula is C13H12N4O2. The SMILES string of the molecule is O=c1[nH]c2c(c(=O)[nH]1)Nc1cccc3c1N2CCC3. The van der Waals surface area contributed by atoms with Gasteiger partial charge in [-0.2, -0.15) is 0 Å². The van der Waals surface area contributed by atoms with Gasteiger partial charge in [-0.05, 0) is 24.5 Å². The summed E-state index contributed by atoms with van der Waals surface area (Å²) in [6.45, 7) is 0.804. The predicted molar refractivity (Wildman–Crippen MR) is 72.7 cm³/mol. The standard InChI is InChI=1S/C13H12N4O2/c18-12-9-11(15-13(19)16-12)17-6-2-4-7-3-1-5-8(14-9)10(7)17/h1,3,5,14H,2,4,6H2,(H2,15,16,18,19). The van der Waals surface area contributed by atoms with Gasteiger partial charge < -0.3 is 10.2 Å². The van der Waals surface area contributed by atoms with E-state index in [0.717, 1.165) is 30.8 Å². The second-order valence-electron chi connectivity index (χ2n) is 4.83. The summed E-state index contributed by atoms with van der Waals surface area (Å²) < 4.78 is 0.